The average Bonchev–Trinajstić information content (AvgIpc) is 3.13. The Balaban J connectivity index is 1.85. The molecule has 1 amide bonds. The highest BCUT2D eigenvalue weighted by atomic mass is 16.2. The minimum Gasteiger partial charge on any atom is -0.370 e. The molecule has 0 aliphatic heterocycles. The lowest BCUT2D eigenvalue weighted by molar-refractivity contribution is 0.0827. The van der Waals surface area contributed by atoms with Gasteiger partial charge in [-0.15, -0.1) is 0 Å². The molecule has 1 aromatic heterocycles. The van der Waals surface area contributed by atoms with E-state index in [-0.39, 0.29) is 5.91 Å². The van der Waals surface area contributed by atoms with Crippen LogP contribution in [0.2, 0.25) is 0 Å². The number of aromatic nitrogens is 1. The van der Waals surface area contributed by atoms with Gasteiger partial charge in [0, 0.05) is 26.8 Å². The molecular weight excluding hydrogens is 214 g/mol. The van der Waals surface area contributed by atoms with Crippen LogP contribution in [-0.4, -0.2) is 36.4 Å². The fourth-order valence-corrected chi connectivity index (χ4v) is 1.69. The molecule has 1 N–H and O–H groups in total. The molecule has 0 aromatic carbocycles. The van der Waals surface area contributed by atoms with Crippen LogP contribution in [0.25, 0.3) is 0 Å². The van der Waals surface area contributed by atoms with Gasteiger partial charge in [-0.25, -0.2) is 4.98 Å². The maximum Gasteiger partial charge on any atom is 0.254 e. The van der Waals surface area contributed by atoms with Gasteiger partial charge in [-0.3, -0.25) is 4.79 Å². The summed E-state index contributed by atoms with van der Waals surface area (Å²) in [6, 6.07) is 3.68. The van der Waals surface area contributed by atoms with Crippen LogP contribution in [0.15, 0.2) is 18.3 Å². The van der Waals surface area contributed by atoms with E-state index in [4.69, 9.17) is 0 Å². The van der Waals surface area contributed by atoms with Gasteiger partial charge in [0.05, 0.1) is 5.56 Å². The molecule has 1 fully saturated rings. The first-order valence-electron chi connectivity index (χ1n) is 6.08. The second kappa shape index (κ2) is 5.17. The Hall–Kier alpha value is -1.58. The largest absolute Gasteiger partial charge is 0.370 e. The van der Waals surface area contributed by atoms with Gasteiger partial charge in [0.1, 0.15) is 5.82 Å². The van der Waals surface area contributed by atoms with Gasteiger partial charge in [-0.2, -0.15) is 0 Å². The number of anilines is 1. The van der Waals surface area contributed by atoms with Gasteiger partial charge in [0.25, 0.3) is 5.91 Å². The van der Waals surface area contributed by atoms with E-state index in [9.17, 15) is 4.79 Å². The van der Waals surface area contributed by atoms with Gasteiger partial charge in [-0.1, -0.05) is 12.8 Å². The molecule has 0 radical (unpaired) electrons. The zero-order valence-corrected chi connectivity index (χ0v) is 10.4. The van der Waals surface area contributed by atoms with Crippen LogP contribution in [0.4, 0.5) is 5.82 Å². The Kier molecular flexibility index (Phi) is 3.61. The van der Waals surface area contributed by atoms with Crippen LogP contribution >= 0.6 is 0 Å². The zero-order chi connectivity index (χ0) is 12.3. The average molecular weight is 233 g/mol. The summed E-state index contributed by atoms with van der Waals surface area (Å²) >= 11 is 0. The number of rotatable bonds is 5. The fourth-order valence-electron chi connectivity index (χ4n) is 1.69. The van der Waals surface area contributed by atoms with Gasteiger partial charge < -0.3 is 10.2 Å². The lowest BCUT2D eigenvalue weighted by Gasteiger charge is -2.10. The Bertz CT molecular complexity index is 382. The molecule has 1 saturated carbocycles. The molecule has 0 saturated heterocycles. The standard InChI is InChI=1S/C13H19N3O/c1-16(2)13(17)11-5-6-12(15-9-11)14-8-7-10-3-4-10/h5-6,9-10H,3-4,7-8H2,1-2H3,(H,14,15). The lowest BCUT2D eigenvalue weighted by atomic mass is 10.2. The Labute approximate surface area is 102 Å². The van der Waals surface area contributed by atoms with Crippen molar-refractivity contribution in [1.82, 2.24) is 9.88 Å². The fraction of sp³-hybridized carbons (Fsp3) is 0.538. The number of carbonyl (C=O) groups excluding carboxylic acids is 1. The molecule has 1 aliphatic rings. The summed E-state index contributed by atoms with van der Waals surface area (Å²) in [5, 5.41) is 3.28. The maximum atomic E-state index is 11.6. The molecule has 0 spiro atoms. The van der Waals surface area contributed by atoms with E-state index in [1.165, 1.54) is 19.3 Å². The number of amides is 1. The van der Waals surface area contributed by atoms with E-state index in [1.54, 1.807) is 25.2 Å². The van der Waals surface area contributed by atoms with Crippen molar-refractivity contribution in [3.63, 3.8) is 0 Å². The first-order chi connectivity index (χ1) is 8.16. The van der Waals surface area contributed by atoms with Crippen molar-refractivity contribution in [2.24, 2.45) is 5.92 Å². The van der Waals surface area contributed by atoms with E-state index in [2.05, 4.69) is 10.3 Å². The summed E-state index contributed by atoms with van der Waals surface area (Å²) in [4.78, 5) is 17.4. The monoisotopic (exact) mass is 233 g/mol. The topological polar surface area (TPSA) is 45.2 Å². The highest BCUT2D eigenvalue weighted by Crippen LogP contribution is 2.31. The predicted octanol–water partition coefficient (Wildman–Crippen LogP) is 2.00. The SMILES string of the molecule is CN(C)C(=O)c1ccc(NCCC2CC2)nc1. The smallest absolute Gasteiger partial charge is 0.254 e. The highest BCUT2D eigenvalue weighted by molar-refractivity contribution is 5.93. The molecule has 0 unspecified atom stereocenters. The quantitative estimate of drug-likeness (QED) is 0.846. The van der Waals surface area contributed by atoms with Gasteiger partial charge in [0.15, 0.2) is 0 Å². The molecule has 0 bridgehead atoms. The molecule has 17 heavy (non-hydrogen) atoms. The minimum absolute atomic E-state index is 0.0120. The molecule has 1 heterocycles. The zero-order valence-electron chi connectivity index (χ0n) is 10.4. The highest BCUT2D eigenvalue weighted by Gasteiger charge is 2.20. The number of nitrogens with zero attached hydrogens (tertiary/aromatic N) is 2. The third kappa shape index (κ3) is 3.44. The van der Waals surface area contributed by atoms with Crippen molar-refractivity contribution in [3.8, 4) is 0 Å². The van der Waals surface area contributed by atoms with Crippen LogP contribution in [-0.2, 0) is 0 Å². The van der Waals surface area contributed by atoms with Gasteiger partial charge in [-0.05, 0) is 24.5 Å². The van der Waals surface area contributed by atoms with Crippen LogP contribution in [0, 0.1) is 5.92 Å². The number of carbonyl (C=O) groups is 1. The summed E-state index contributed by atoms with van der Waals surface area (Å²) in [6.07, 6.45) is 5.61. The maximum absolute atomic E-state index is 11.6. The molecule has 0 atom stereocenters. The molecule has 4 nitrogen and oxygen atoms in total. The van der Waals surface area contributed by atoms with Crippen LogP contribution in [0.1, 0.15) is 29.6 Å². The van der Waals surface area contributed by atoms with Crippen molar-refractivity contribution in [1.29, 1.82) is 0 Å². The third-order valence-corrected chi connectivity index (χ3v) is 2.97. The van der Waals surface area contributed by atoms with Crippen molar-refractivity contribution < 1.29 is 4.79 Å². The van der Waals surface area contributed by atoms with Crippen molar-refractivity contribution in [2.45, 2.75) is 19.3 Å². The molecule has 4 heteroatoms. The van der Waals surface area contributed by atoms with Crippen LogP contribution < -0.4 is 5.32 Å². The second-order valence-electron chi connectivity index (χ2n) is 4.79. The van der Waals surface area contributed by atoms with Gasteiger partial charge >= 0.3 is 0 Å². The Morgan fingerprint density at radius 1 is 1.47 bits per heavy atom. The second-order valence-corrected chi connectivity index (χ2v) is 4.79. The Morgan fingerprint density at radius 3 is 2.76 bits per heavy atom. The van der Waals surface area contributed by atoms with E-state index in [0.717, 1.165) is 18.3 Å². The first-order valence-corrected chi connectivity index (χ1v) is 6.08. The van der Waals surface area contributed by atoms with Crippen LogP contribution in [0.3, 0.4) is 0 Å². The Morgan fingerprint density at radius 2 is 2.24 bits per heavy atom. The molecule has 92 valence electrons. The van der Waals surface area contributed by atoms with E-state index >= 15 is 0 Å². The normalized spacial score (nSPS) is 14.5. The first kappa shape index (κ1) is 11.9. The summed E-state index contributed by atoms with van der Waals surface area (Å²) in [5.74, 6) is 1.76. The van der Waals surface area contributed by atoms with Crippen molar-refractivity contribution in [3.05, 3.63) is 23.9 Å². The number of hydrogen-bond donors (Lipinski definition) is 1. The van der Waals surface area contributed by atoms with Gasteiger partial charge in [0.2, 0.25) is 0 Å². The summed E-state index contributed by atoms with van der Waals surface area (Å²) < 4.78 is 0. The third-order valence-electron chi connectivity index (χ3n) is 2.97. The van der Waals surface area contributed by atoms with E-state index in [1.807, 2.05) is 12.1 Å². The molecule has 2 rings (SSSR count). The molecule has 1 aliphatic carbocycles. The number of pyridine rings is 1. The summed E-state index contributed by atoms with van der Waals surface area (Å²) in [6.45, 7) is 0.971. The number of nitrogens with one attached hydrogen (secondary N) is 1. The van der Waals surface area contributed by atoms with Crippen molar-refractivity contribution in [2.75, 3.05) is 26.0 Å². The molecule has 1 aromatic rings. The minimum atomic E-state index is -0.0120. The predicted molar refractivity (Wildman–Crippen MR) is 68.1 cm³/mol. The molecular formula is C13H19N3O. The summed E-state index contributed by atoms with van der Waals surface area (Å²) in [7, 11) is 3.48. The van der Waals surface area contributed by atoms with E-state index < -0.39 is 0 Å². The van der Waals surface area contributed by atoms with E-state index in [0.29, 0.717) is 5.56 Å². The van der Waals surface area contributed by atoms with Crippen LogP contribution in [0.5, 0.6) is 0 Å². The summed E-state index contributed by atoms with van der Waals surface area (Å²) in [5.41, 5.74) is 0.628. The van der Waals surface area contributed by atoms with Crippen molar-refractivity contribution >= 4 is 11.7 Å². The number of hydrogen-bond acceptors (Lipinski definition) is 3. The lowest BCUT2D eigenvalue weighted by Crippen LogP contribution is -2.21.